The molecule has 1 N–H and O–H groups in total. The molecule has 2 heterocycles. The van der Waals surface area contributed by atoms with E-state index in [1.54, 1.807) is 0 Å². The van der Waals surface area contributed by atoms with Crippen LogP contribution >= 0.6 is 0 Å². The second-order valence-electron chi connectivity index (χ2n) is 4.27. The second kappa shape index (κ2) is 5.24. The Hall–Kier alpha value is -0.930. The van der Waals surface area contributed by atoms with Crippen molar-refractivity contribution < 1.29 is 0 Å². The minimum atomic E-state index is 0.724. The van der Waals surface area contributed by atoms with Crippen molar-refractivity contribution in [2.24, 2.45) is 0 Å². The molecule has 2 rings (SSSR count). The molecule has 1 atom stereocenters. The molecule has 1 aromatic rings. The first kappa shape index (κ1) is 10.6. The number of nitrogens with zero attached hydrogens (tertiary/aromatic N) is 2. The maximum absolute atomic E-state index is 4.10. The third kappa shape index (κ3) is 3.01. The number of aromatic nitrogens is 1. The predicted octanol–water partition coefficient (Wildman–Crippen LogP) is 1.27. The van der Waals surface area contributed by atoms with Crippen LogP contribution in [0.3, 0.4) is 0 Å². The molecule has 1 aliphatic rings. The van der Waals surface area contributed by atoms with E-state index >= 15 is 0 Å². The summed E-state index contributed by atoms with van der Waals surface area (Å²) in [6, 6.07) is 4.82. The first-order valence-corrected chi connectivity index (χ1v) is 5.66. The van der Waals surface area contributed by atoms with Crippen LogP contribution in [0.4, 0.5) is 0 Å². The molecule has 1 fully saturated rings. The number of rotatable bonds is 4. The van der Waals surface area contributed by atoms with Crippen molar-refractivity contribution in [3.8, 4) is 0 Å². The normalized spacial score (nSPS) is 22.1. The Bertz CT molecular complexity index is 286. The topological polar surface area (TPSA) is 28.2 Å². The fourth-order valence-corrected chi connectivity index (χ4v) is 2.12. The van der Waals surface area contributed by atoms with Gasteiger partial charge < -0.3 is 10.2 Å². The molecule has 15 heavy (non-hydrogen) atoms. The lowest BCUT2D eigenvalue weighted by Gasteiger charge is -2.19. The number of likely N-dealkylation sites (tertiary alicyclic amines) is 1. The van der Waals surface area contributed by atoms with Crippen LogP contribution in [0.15, 0.2) is 24.5 Å². The molecular formula is C12H19N3. The Balaban J connectivity index is 1.71. The van der Waals surface area contributed by atoms with Crippen LogP contribution in [-0.4, -0.2) is 36.1 Å². The maximum Gasteiger partial charge on any atom is 0.0312 e. The molecule has 0 saturated carbocycles. The van der Waals surface area contributed by atoms with Crippen molar-refractivity contribution >= 4 is 0 Å². The van der Waals surface area contributed by atoms with Gasteiger partial charge in [-0.3, -0.25) is 4.98 Å². The van der Waals surface area contributed by atoms with Gasteiger partial charge in [-0.2, -0.15) is 0 Å². The quantitative estimate of drug-likeness (QED) is 0.802. The number of nitrogens with one attached hydrogen (secondary N) is 1. The average Bonchev–Trinajstić information content (AvgIpc) is 2.66. The predicted molar refractivity (Wildman–Crippen MR) is 61.6 cm³/mol. The van der Waals surface area contributed by atoms with Gasteiger partial charge in [0, 0.05) is 31.5 Å². The summed E-state index contributed by atoms with van der Waals surface area (Å²) < 4.78 is 0. The van der Waals surface area contributed by atoms with Crippen molar-refractivity contribution in [3.63, 3.8) is 0 Å². The Morgan fingerprint density at radius 3 is 3.20 bits per heavy atom. The van der Waals surface area contributed by atoms with Crippen molar-refractivity contribution in [3.05, 3.63) is 30.1 Å². The lowest BCUT2D eigenvalue weighted by molar-refractivity contribution is 0.300. The molecule has 0 unspecified atom stereocenters. The molecule has 3 nitrogen and oxygen atoms in total. The van der Waals surface area contributed by atoms with E-state index in [4.69, 9.17) is 0 Å². The molecule has 82 valence electrons. The molecule has 3 heteroatoms. The SMILES string of the molecule is CN1CCC[C@H]1CNCc1cccnc1. The smallest absolute Gasteiger partial charge is 0.0312 e. The highest BCUT2D eigenvalue weighted by Crippen LogP contribution is 2.13. The number of pyridine rings is 1. The van der Waals surface area contributed by atoms with Gasteiger partial charge in [-0.05, 0) is 38.1 Å². The van der Waals surface area contributed by atoms with E-state index < -0.39 is 0 Å². The van der Waals surface area contributed by atoms with E-state index in [0.717, 1.165) is 19.1 Å². The summed E-state index contributed by atoms with van der Waals surface area (Å²) in [6.45, 7) is 3.27. The minimum Gasteiger partial charge on any atom is -0.311 e. The molecule has 0 aliphatic carbocycles. The summed E-state index contributed by atoms with van der Waals surface area (Å²) >= 11 is 0. The molecule has 0 aromatic carbocycles. The summed E-state index contributed by atoms with van der Waals surface area (Å²) in [5.74, 6) is 0. The highest BCUT2D eigenvalue weighted by Gasteiger charge is 2.19. The van der Waals surface area contributed by atoms with Crippen LogP contribution in [0.5, 0.6) is 0 Å². The van der Waals surface area contributed by atoms with Crippen LogP contribution in [0.1, 0.15) is 18.4 Å². The van der Waals surface area contributed by atoms with E-state index in [1.165, 1.54) is 24.9 Å². The maximum atomic E-state index is 4.10. The molecular weight excluding hydrogens is 186 g/mol. The van der Waals surface area contributed by atoms with E-state index in [-0.39, 0.29) is 0 Å². The second-order valence-corrected chi connectivity index (χ2v) is 4.27. The summed E-state index contributed by atoms with van der Waals surface area (Å²) in [6.07, 6.45) is 6.41. The monoisotopic (exact) mass is 205 g/mol. The molecule has 1 aromatic heterocycles. The van der Waals surface area contributed by atoms with Gasteiger partial charge in [-0.15, -0.1) is 0 Å². The van der Waals surface area contributed by atoms with Crippen molar-refractivity contribution in [2.75, 3.05) is 20.1 Å². The Morgan fingerprint density at radius 1 is 1.60 bits per heavy atom. The standard InChI is InChI=1S/C12H19N3/c1-15-7-3-5-12(15)10-14-9-11-4-2-6-13-8-11/h2,4,6,8,12,14H,3,5,7,9-10H2,1H3/t12-/m0/s1. The Labute approximate surface area is 91.5 Å². The number of hydrogen-bond donors (Lipinski definition) is 1. The van der Waals surface area contributed by atoms with Gasteiger partial charge in [0.2, 0.25) is 0 Å². The fourth-order valence-electron chi connectivity index (χ4n) is 2.12. The van der Waals surface area contributed by atoms with E-state index in [9.17, 15) is 0 Å². The zero-order chi connectivity index (χ0) is 10.5. The Kier molecular flexibility index (Phi) is 3.69. The fraction of sp³-hybridized carbons (Fsp3) is 0.583. The first-order chi connectivity index (χ1) is 7.36. The number of hydrogen-bond acceptors (Lipinski definition) is 3. The molecule has 0 radical (unpaired) electrons. The van der Waals surface area contributed by atoms with Gasteiger partial charge in [-0.1, -0.05) is 6.07 Å². The molecule has 0 bridgehead atoms. The largest absolute Gasteiger partial charge is 0.311 e. The van der Waals surface area contributed by atoms with Gasteiger partial charge in [0.05, 0.1) is 0 Å². The molecule has 0 amide bonds. The van der Waals surface area contributed by atoms with E-state index in [0.29, 0.717) is 0 Å². The van der Waals surface area contributed by atoms with Gasteiger partial charge in [0.25, 0.3) is 0 Å². The minimum absolute atomic E-state index is 0.724. The molecule has 1 saturated heterocycles. The third-order valence-corrected chi connectivity index (χ3v) is 3.10. The molecule has 0 spiro atoms. The zero-order valence-electron chi connectivity index (χ0n) is 9.32. The van der Waals surface area contributed by atoms with E-state index in [1.807, 2.05) is 18.5 Å². The van der Waals surface area contributed by atoms with Crippen LogP contribution in [-0.2, 0) is 6.54 Å². The van der Waals surface area contributed by atoms with Crippen LogP contribution in [0, 0.1) is 0 Å². The third-order valence-electron chi connectivity index (χ3n) is 3.10. The number of likely N-dealkylation sites (N-methyl/N-ethyl adjacent to an activating group) is 1. The van der Waals surface area contributed by atoms with Crippen molar-refractivity contribution in [2.45, 2.75) is 25.4 Å². The van der Waals surface area contributed by atoms with Crippen molar-refractivity contribution in [1.29, 1.82) is 0 Å². The highest BCUT2D eigenvalue weighted by atomic mass is 15.2. The lowest BCUT2D eigenvalue weighted by atomic mass is 10.2. The lowest BCUT2D eigenvalue weighted by Crippen LogP contribution is -2.35. The average molecular weight is 205 g/mol. The summed E-state index contributed by atoms with van der Waals surface area (Å²) in [5.41, 5.74) is 1.26. The summed E-state index contributed by atoms with van der Waals surface area (Å²) in [5, 5.41) is 3.49. The first-order valence-electron chi connectivity index (χ1n) is 5.66. The van der Waals surface area contributed by atoms with Gasteiger partial charge >= 0.3 is 0 Å². The van der Waals surface area contributed by atoms with Crippen molar-refractivity contribution in [1.82, 2.24) is 15.2 Å². The van der Waals surface area contributed by atoms with Gasteiger partial charge in [0.15, 0.2) is 0 Å². The van der Waals surface area contributed by atoms with Crippen LogP contribution < -0.4 is 5.32 Å². The zero-order valence-corrected chi connectivity index (χ0v) is 9.32. The summed E-state index contributed by atoms with van der Waals surface area (Å²) in [7, 11) is 2.21. The van der Waals surface area contributed by atoms with Crippen LogP contribution in [0.25, 0.3) is 0 Å². The van der Waals surface area contributed by atoms with Gasteiger partial charge in [-0.25, -0.2) is 0 Å². The van der Waals surface area contributed by atoms with Gasteiger partial charge in [0.1, 0.15) is 0 Å². The Morgan fingerprint density at radius 2 is 2.53 bits per heavy atom. The van der Waals surface area contributed by atoms with Crippen LogP contribution in [0.2, 0.25) is 0 Å². The molecule has 1 aliphatic heterocycles. The summed E-state index contributed by atoms with van der Waals surface area (Å²) in [4.78, 5) is 6.54. The van der Waals surface area contributed by atoms with E-state index in [2.05, 4.69) is 28.3 Å². The highest BCUT2D eigenvalue weighted by molar-refractivity contribution is 5.07.